The molecule has 0 spiro atoms. The predicted octanol–water partition coefficient (Wildman–Crippen LogP) is 0.628. The van der Waals surface area contributed by atoms with Crippen LogP contribution in [0.3, 0.4) is 0 Å². The summed E-state index contributed by atoms with van der Waals surface area (Å²) in [5.74, 6) is 0.833. The third-order valence-electron chi connectivity index (χ3n) is 0.832. The monoisotopic (exact) mass is 127 g/mol. The number of hydrogen-bond acceptors (Lipinski definition) is 3. The summed E-state index contributed by atoms with van der Waals surface area (Å²) in [6, 6.07) is 0. The van der Waals surface area contributed by atoms with E-state index in [1.807, 2.05) is 0 Å². The van der Waals surface area contributed by atoms with Gasteiger partial charge in [-0.3, -0.25) is 0 Å². The van der Waals surface area contributed by atoms with E-state index >= 15 is 0 Å². The van der Waals surface area contributed by atoms with Gasteiger partial charge in [0, 0.05) is 0 Å². The zero-order valence-corrected chi connectivity index (χ0v) is 5.22. The maximum Gasteiger partial charge on any atom is 0.312 e. The Bertz CT molecular complexity index is 173. The van der Waals surface area contributed by atoms with E-state index in [2.05, 4.69) is 15.0 Å². The Labute approximate surface area is 52.0 Å². The predicted molar refractivity (Wildman–Crippen MR) is 29.3 cm³/mol. The van der Waals surface area contributed by atoms with Gasteiger partial charge in [-0.2, -0.15) is 14.4 Å². The van der Waals surface area contributed by atoms with Crippen LogP contribution >= 0.6 is 0 Å². The molecule has 0 N–H and O–H groups in total. The molecule has 48 valence electrons. The molecule has 0 radical (unpaired) electrons. The van der Waals surface area contributed by atoms with Crippen molar-refractivity contribution in [1.29, 1.82) is 0 Å². The minimum Gasteiger partial charge on any atom is -0.218 e. The van der Waals surface area contributed by atoms with Gasteiger partial charge in [0.05, 0.1) is 0 Å². The summed E-state index contributed by atoms with van der Waals surface area (Å²) in [5, 5.41) is 0. The van der Waals surface area contributed by atoms with Crippen LogP contribution in [0.1, 0.15) is 11.6 Å². The molecular weight excluding hydrogens is 121 g/mol. The molecule has 3 nitrogen and oxygen atoms in total. The van der Waals surface area contributed by atoms with E-state index in [0.29, 0.717) is 11.6 Å². The number of hydrogen-bond donors (Lipinski definition) is 0. The van der Waals surface area contributed by atoms with Crippen molar-refractivity contribution >= 4 is 0 Å². The Kier molecular flexibility index (Phi) is 1.38. The largest absolute Gasteiger partial charge is 0.312 e. The molecule has 1 rings (SSSR count). The van der Waals surface area contributed by atoms with Gasteiger partial charge >= 0.3 is 6.08 Å². The highest BCUT2D eigenvalue weighted by atomic mass is 19.1. The molecule has 0 aliphatic carbocycles. The molecule has 0 amide bonds. The molecule has 0 bridgehead atoms. The third-order valence-corrected chi connectivity index (χ3v) is 0.832. The van der Waals surface area contributed by atoms with Crippen LogP contribution in [0, 0.1) is 19.9 Å². The smallest absolute Gasteiger partial charge is 0.218 e. The van der Waals surface area contributed by atoms with Gasteiger partial charge < -0.3 is 0 Å². The van der Waals surface area contributed by atoms with Gasteiger partial charge in [-0.15, -0.1) is 0 Å². The van der Waals surface area contributed by atoms with E-state index in [4.69, 9.17) is 0 Å². The quantitative estimate of drug-likeness (QED) is 0.513. The fraction of sp³-hybridized carbons (Fsp3) is 0.400. The summed E-state index contributed by atoms with van der Waals surface area (Å²) in [6.07, 6.45) is -0.708. The summed E-state index contributed by atoms with van der Waals surface area (Å²) in [6.45, 7) is 3.25. The van der Waals surface area contributed by atoms with Gasteiger partial charge in [0.1, 0.15) is 11.6 Å². The lowest BCUT2D eigenvalue weighted by atomic mass is 10.6. The van der Waals surface area contributed by atoms with E-state index in [1.54, 1.807) is 13.8 Å². The Morgan fingerprint density at radius 2 is 1.44 bits per heavy atom. The van der Waals surface area contributed by atoms with Crippen molar-refractivity contribution in [3.05, 3.63) is 17.7 Å². The number of aromatic nitrogens is 3. The maximum atomic E-state index is 12.2. The molecule has 0 saturated carbocycles. The van der Waals surface area contributed by atoms with E-state index in [0.717, 1.165) is 0 Å². The zero-order valence-electron chi connectivity index (χ0n) is 5.22. The normalized spacial score (nSPS) is 9.67. The van der Waals surface area contributed by atoms with Crippen LogP contribution in [0.4, 0.5) is 4.39 Å². The van der Waals surface area contributed by atoms with E-state index in [1.165, 1.54) is 0 Å². The second kappa shape index (κ2) is 2.05. The summed E-state index contributed by atoms with van der Waals surface area (Å²) in [5.41, 5.74) is 0. The van der Waals surface area contributed by atoms with Gasteiger partial charge in [-0.25, -0.2) is 4.98 Å². The van der Waals surface area contributed by atoms with Gasteiger partial charge in [0.25, 0.3) is 0 Å². The van der Waals surface area contributed by atoms with Crippen LogP contribution in [0.5, 0.6) is 0 Å². The molecule has 0 atom stereocenters. The van der Waals surface area contributed by atoms with Gasteiger partial charge in [0.2, 0.25) is 0 Å². The van der Waals surface area contributed by atoms with Crippen molar-refractivity contribution in [1.82, 2.24) is 15.0 Å². The molecule has 1 aromatic rings. The van der Waals surface area contributed by atoms with Gasteiger partial charge in [0.15, 0.2) is 0 Å². The lowest BCUT2D eigenvalue weighted by Gasteiger charge is -1.91. The van der Waals surface area contributed by atoms with Crippen LogP contribution < -0.4 is 0 Å². The average Bonchev–Trinajstić information content (AvgIpc) is 1.59. The molecule has 0 fully saturated rings. The maximum absolute atomic E-state index is 12.2. The highest BCUT2D eigenvalue weighted by Gasteiger charge is 1.95. The van der Waals surface area contributed by atoms with Crippen molar-refractivity contribution in [2.45, 2.75) is 13.8 Å². The van der Waals surface area contributed by atoms with Crippen LogP contribution in [-0.2, 0) is 0 Å². The second-order valence-electron chi connectivity index (χ2n) is 1.70. The lowest BCUT2D eigenvalue weighted by Crippen LogP contribution is -1.98. The molecule has 1 heterocycles. The third kappa shape index (κ3) is 1.42. The first-order valence-corrected chi connectivity index (χ1v) is 2.53. The molecular formula is C5H6FN3. The minimum absolute atomic E-state index is 0.417. The number of halogens is 1. The minimum atomic E-state index is -0.708. The first kappa shape index (κ1) is 6.07. The average molecular weight is 127 g/mol. The van der Waals surface area contributed by atoms with E-state index in [-0.39, 0.29) is 0 Å². The Balaban J connectivity index is 3.17. The van der Waals surface area contributed by atoms with Crippen LogP contribution in [0.25, 0.3) is 0 Å². The number of nitrogens with zero attached hydrogens (tertiary/aromatic N) is 3. The SMILES string of the molecule is Cc1nc(C)nc(F)n1. The van der Waals surface area contributed by atoms with Gasteiger partial charge in [-0.1, -0.05) is 0 Å². The Morgan fingerprint density at radius 3 is 1.78 bits per heavy atom. The van der Waals surface area contributed by atoms with Crippen molar-refractivity contribution in [3.63, 3.8) is 0 Å². The van der Waals surface area contributed by atoms with Crippen LogP contribution in [-0.4, -0.2) is 15.0 Å². The van der Waals surface area contributed by atoms with Crippen LogP contribution in [0.2, 0.25) is 0 Å². The van der Waals surface area contributed by atoms with Crippen molar-refractivity contribution < 1.29 is 4.39 Å². The topological polar surface area (TPSA) is 38.7 Å². The van der Waals surface area contributed by atoms with Crippen molar-refractivity contribution in [3.8, 4) is 0 Å². The first-order chi connectivity index (χ1) is 4.18. The molecule has 1 aromatic heterocycles. The Morgan fingerprint density at radius 1 is 1.00 bits per heavy atom. The summed E-state index contributed by atoms with van der Waals surface area (Å²) in [4.78, 5) is 10.5. The molecule has 4 heteroatoms. The standard InChI is InChI=1S/C5H6FN3/c1-3-7-4(2)9-5(6)8-3/h1-2H3. The Hall–Kier alpha value is -1.06. The molecule has 0 aliphatic heterocycles. The fourth-order valence-corrected chi connectivity index (χ4v) is 0.576. The zero-order chi connectivity index (χ0) is 6.85. The number of aryl methyl sites for hydroxylation is 2. The second-order valence-corrected chi connectivity index (χ2v) is 1.70. The number of rotatable bonds is 0. The lowest BCUT2D eigenvalue weighted by molar-refractivity contribution is 0.521. The van der Waals surface area contributed by atoms with E-state index in [9.17, 15) is 4.39 Å². The first-order valence-electron chi connectivity index (χ1n) is 2.53. The van der Waals surface area contributed by atoms with Crippen molar-refractivity contribution in [2.75, 3.05) is 0 Å². The molecule has 0 saturated heterocycles. The van der Waals surface area contributed by atoms with E-state index < -0.39 is 6.08 Å². The van der Waals surface area contributed by atoms with Gasteiger partial charge in [-0.05, 0) is 13.8 Å². The summed E-state index contributed by atoms with van der Waals surface area (Å²) in [7, 11) is 0. The molecule has 0 unspecified atom stereocenters. The summed E-state index contributed by atoms with van der Waals surface area (Å²) >= 11 is 0. The molecule has 0 aliphatic rings. The fourth-order valence-electron chi connectivity index (χ4n) is 0.576. The highest BCUT2D eigenvalue weighted by Crippen LogP contribution is 1.90. The van der Waals surface area contributed by atoms with Crippen molar-refractivity contribution in [2.24, 2.45) is 0 Å². The molecule has 0 aromatic carbocycles. The molecule has 9 heavy (non-hydrogen) atoms. The summed E-state index contributed by atoms with van der Waals surface area (Å²) < 4.78 is 12.2. The highest BCUT2D eigenvalue weighted by molar-refractivity contribution is 4.85. The van der Waals surface area contributed by atoms with Crippen LogP contribution in [0.15, 0.2) is 0 Å².